The van der Waals surface area contributed by atoms with Crippen molar-refractivity contribution in [2.75, 3.05) is 6.61 Å². The first kappa shape index (κ1) is 11.0. The van der Waals surface area contributed by atoms with Crippen molar-refractivity contribution >= 4 is 5.90 Å². The van der Waals surface area contributed by atoms with Gasteiger partial charge in [-0.3, -0.25) is 0 Å². The van der Waals surface area contributed by atoms with Crippen molar-refractivity contribution in [3.63, 3.8) is 0 Å². The van der Waals surface area contributed by atoms with Crippen LogP contribution in [0.1, 0.15) is 19.4 Å². The van der Waals surface area contributed by atoms with Gasteiger partial charge in [-0.15, -0.1) is 0 Å². The first-order chi connectivity index (χ1) is 7.58. The molecule has 0 aliphatic carbocycles. The van der Waals surface area contributed by atoms with E-state index in [-0.39, 0.29) is 17.5 Å². The maximum absolute atomic E-state index is 13.4. The van der Waals surface area contributed by atoms with Gasteiger partial charge in [0.2, 0.25) is 5.90 Å². The van der Waals surface area contributed by atoms with Crippen molar-refractivity contribution in [1.29, 1.82) is 0 Å². The van der Waals surface area contributed by atoms with Crippen LogP contribution in [0, 0.1) is 17.6 Å². The number of benzene rings is 1. The fourth-order valence-electron chi connectivity index (χ4n) is 1.54. The van der Waals surface area contributed by atoms with Crippen LogP contribution >= 0.6 is 0 Å². The van der Waals surface area contributed by atoms with Crippen molar-refractivity contribution in [2.45, 2.75) is 19.9 Å². The standard InChI is InChI=1S/C12H13F2NO/c1-7(2)11-6-16-12(15-11)9-4-3-8(13)5-10(9)14/h3-5,7,11H,6H2,1-2H3/t11-/m1/s1. The van der Waals surface area contributed by atoms with Gasteiger partial charge < -0.3 is 4.74 Å². The highest BCUT2D eigenvalue weighted by molar-refractivity contribution is 5.95. The third-order valence-electron chi connectivity index (χ3n) is 2.60. The average molecular weight is 225 g/mol. The van der Waals surface area contributed by atoms with E-state index in [0.29, 0.717) is 12.5 Å². The fourth-order valence-corrected chi connectivity index (χ4v) is 1.54. The molecular weight excluding hydrogens is 212 g/mol. The topological polar surface area (TPSA) is 21.6 Å². The lowest BCUT2D eigenvalue weighted by atomic mass is 10.1. The van der Waals surface area contributed by atoms with Gasteiger partial charge in [0, 0.05) is 6.07 Å². The van der Waals surface area contributed by atoms with Gasteiger partial charge in [0.15, 0.2) is 0 Å². The third kappa shape index (κ3) is 2.05. The minimum Gasteiger partial charge on any atom is -0.475 e. The molecule has 1 aromatic carbocycles. The minimum atomic E-state index is -0.636. The highest BCUT2D eigenvalue weighted by Crippen LogP contribution is 2.19. The fraction of sp³-hybridized carbons (Fsp3) is 0.417. The van der Waals surface area contributed by atoms with Crippen LogP contribution in [-0.2, 0) is 4.74 Å². The van der Waals surface area contributed by atoms with Gasteiger partial charge in [-0.25, -0.2) is 13.8 Å². The minimum absolute atomic E-state index is 0.0550. The number of hydrogen-bond acceptors (Lipinski definition) is 2. The van der Waals surface area contributed by atoms with Gasteiger partial charge in [0.1, 0.15) is 18.2 Å². The molecule has 0 aromatic heterocycles. The largest absolute Gasteiger partial charge is 0.475 e. The van der Waals surface area contributed by atoms with Gasteiger partial charge in [-0.2, -0.15) is 0 Å². The monoisotopic (exact) mass is 225 g/mol. The van der Waals surface area contributed by atoms with Crippen LogP contribution in [0.25, 0.3) is 0 Å². The lowest BCUT2D eigenvalue weighted by Crippen LogP contribution is -2.13. The molecule has 0 unspecified atom stereocenters. The Bertz CT molecular complexity index is 429. The Morgan fingerprint density at radius 2 is 2.12 bits per heavy atom. The van der Waals surface area contributed by atoms with Gasteiger partial charge >= 0.3 is 0 Å². The van der Waals surface area contributed by atoms with Crippen molar-refractivity contribution in [1.82, 2.24) is 0 Å². The Balaban J connectivity index is 2.29. The molecule has 0 bridgehead atoms. The molecule has 1 aliphatic rings. The molecule has 0 radical (unpaired) electrons. The zero-order valence-electron chi connectivity index (χ0n) is 9.21. The van der Waals surface area contributed by atoms with E-state index in [4.69, 9.17) is 4.74 Å². The highest BCUT2D eigenvalue weighted by atomic mass is 19.1. The van der Waals surface area contributed by atoms with E-state index in [2.05, 4.69) is 4.99 Å². The molecule has 4 heteroatoms. The predicted molar refractivity (Wildman–Crippen MR) is 57.5 cm³/mol. The summed E-state index contributed by atoms with van der Waals surface area (Å²) in [7, 11) is 0. The zero-order valence-corrected chi connectivity index (χ0v) is 9.21. The van der Waals surface area contributed by atoms with Crippen LogP contribution in [0.2, 0.25) is 0 Å². The molecule has 1 aromatic rings. The number of hydrogen-bond donors (Lipinski definition) is 0. The van der Waals surface area contributed by atoms with Crippen LogP contribution in [0.15, 0.2) is 23.2 Å². The molecule has 0 N–H and O–H groups in total. The van der Waals surface area contributed by atoms with E-state index in [9.17, 15) is 8.78 Å². The van der Waals surface area contributed by atoms with Crippen molar-refractivity contribution < 1.29 is 13.5 Å². The number of nitrogens with zero attached hydrogens (tertiary/aromatic N) is 1. The lowest BCUT2D eigenvalue weighted by Gasteiger charge is -2.06. The Morgan fingerprint density at radius 3 is 2.69 bits per heavy atom. The van der Waals surface area contributed by atoms with E-state index < -0.39 is 11.6 Å². The first-order valence-electron chi connectivity index (χ1n) is 5.24. The summed E-state index contributed by atoms with van der Waals surface area (Å²) in [6.07, 6.45) is 0. The summed E-state index contributed by atoms with van der Waals surface area (Å²) in [6.45, 7) is 4.52. The van der Waals surface area contributed by atoms with E-state index in [0.717, 1.165) is 6.07 Å². The van der Waals surface area contributed by atoms with Crippen LogP contribution in [0.3, 0.4) is 0 Å². The van der Waals surface area contributed by atoms with Gasteiger partial charge in [-0.05, 0) is 18.1 Å². The summed E-state index contributed by atoms with van der Waals surface area (Å²) in [6, 6.07) is 3.45. The summed E-state index contributed by atoms with van der Waals surface area (Å²) in [5.74, 6) is -0.611. The highest BCUT2D eigenvalue weighted by Gasteiger charge is 2.24. The zero-order chi connectivity index (χ0) is 11.7. The third-order valence-corrected chi connectivity index (χ3v) is 2.60. The number of rotatable bonds is 2. The van der Waals surface area contributed by atoms with Crippen molar-refractivity contribution in [3.8, 4) is 0 Å². The molecule has 0 saturated heterocycles. The smallest absolute Gasteiger partial charge is 0.219 e. The first-order valence-corrected chi connectivity index (χ1v) is 5.24. The summed E-state index contributed by atoms with van der Waals surface area (Å²) in [5, 5.41) is 0. The number of halogens is 2. The Morgan fingerprint density at radius 1 is 1.38 bits per heavy atom. The molecule has 86 valence electrons. The molecule has 0 spiro atoms. The lowest BCUT2D eigenvalue weighted by molar-refractivity contribution is 0.291. The van der Waals surface area contributed by atoms with E-state index in [1.807, 2.05) is 13.8 Å². The molecule has 0 fully saturated rings. The Labute approximate surface area is 93.0 Å². The van der Waals surface area contributed by atoms with Crippen LogP contribution < -0.4 is 0 Å². The second kappa shape index (κ2) is 4.20. The molecule has 1 aliphatic heterocycles. The predicted octanol–water partition coefficient (Wildman–Crippen LogP) is 2.77. The Kier molecular flexibility index (Phi) is 2.90. The molecular formula is C12H13F2NO. The molecule has 0 amide bonds. The maximum Gasteiger partial charge on any atom is 0.219 e. The van der Waals surface area contributed by atoms with Crippen LogP contribution in [0.4, 0.5) is 8.78 Å². The van der Waals surface area contributed by atoms with E-state index >= 15 is 0 Å². The van der Waals surface area contributed by atoms with E-state index in [1.54, 1.807) is 0 Å². The molecule has 1 atom stereocenters. The normalized spacial score (nSPS) is 19.8. The SMILES string of the molecule is CC(C)[C@H]1COC(c2ccc(F)cc2F)=N1. The Hall–Kier alpha value is -1.45. The quantitative estimate of drug-likeness (QED) is 0.758. The van der Waals surface area contributed by atoms with Crippen LogP contribution in [0.5, 0.6) is 0 Å². The van der Waals surface area contributed by atoms with Gasteiger partial charge in [0.25, 0.3) is 0 Å². The summed E-state index contributed by atoms with van der Waals surface area (Å²) in [4.78, 5) is 4.28. The van der Waals surface area contributed by atoms with Gasteiger partial charge in [0.05, 0.1) is 11.6 Å². The summed E-state index contributed by atoms with van der Waals surface area (Å²) < 4.78 is 31.5. The molecule has 2 rings (SSSR count). The molecule has 1 heterocycles. The number of aliphatic imine (C=N–C) groups is 1. The second-order valence-electron chi connectivity index (χ2n) is 4.18. The molecule has 0 saturated carbocycles. The molecule has 16 heavy (non-hydrogen) atoms. The number of ether oxygens (including phenoxy) is 1. The van der Waals surface area contributed by atoms with Crippen molar-refractivity contribution in [2.24, 2.45) is 10.9 Å². The molecule has 2 nitrogen and oxygen atoms in total. The second-order valence-corrected chi connectivity index (χ2v) is 4.18. The summed E-state index contributed by atoms with van der Waals surface area (Å²) in [5.41, 5.74) is 0.226. The maximum atomic E-state index is 13.4. The van der Waals surface area contributed by atoms with Gasteiger partial charge in [-0.1, -0.05) is 13.8 Å². The van der Waals surface area contributed by atoms with E-state index in [1.165, 1.54) is 12.1 Å². The van der Waals surface area contributed by atoms with Crippen molar-refractivity contribution in [3.05, 3.63) is 35.4 Å². The summed E-state index contributed by atoms with van der Waals surface area (Å²) >= 11 is 0. The average Bonchev–Trinajstić information content (AvgIpc) is 2.66. The van der Waals surface area contributed by atoms with Crippen LogP contribution in [-0.4, -0.2) is 18.5 Å².